The van der Waals surface area contributed by atoms with Gasteiger partial charge in [0.1, 0.15) is 11.3 Å². The highest BCUT2D eigenvalue weighted by atomic mass is 16.3. The zero-order valence-corrected chi connectivity index (χ0v) is 17.4. The highest BCUT2D eigenvalue weighted by molar-refractivity contribution is 6.39. The maximum absolute atomic E-state index is 12.9. The van der Waals surface area contributed by atoms with Crippen LogP contribution in [0.5, 0.6) is 5.88 Å². The third-order valence-corrected chi connectivity index (χ3v) is 5.89. The van der Waals surface area contributed by atoms with Gasteiger partial charge in [-0.15, -0.1) is 10.2 Å². The number of hydrazone groups is 1. The fourth-order valence-electron chi connectivity index (χ4n) is 4.17. The maximum atomic E-state index is 12.9. The predicted molar refractivity (Wildman–Crippen MR) is 123 cm³/mol. The van der Waals surface area contributed by atoms with E-state index >= 15 is 0 Å². The number of hydrogen-bond acceptors (Lipinski definition) is 5. The summed E-state index contributed by atoms with van der Waals surface area (Å²) >= 11 is 0. The molecule has 0 saturated heterocycles. The molecule has 0 radical (unpaired) electrons. The van der Waals surface area contributed by atoms with Gasteiger partial charge in [-0.05, 0) is 17.2 Å². The summed E-state index contributed by atoms with van der Waals surface area (Å²) in [6.07, 6.45) is 0.334. The van der Waals surface area contributed by atoms with E-state index in [0.717, 1.165) is 22.0 Å². The van der Waals surface area contributed by atoms with Crippen LogP contribution in [0.2, 0.25) is 0 Å². The highest BCUT2D eigenvalue weighted by Crippen LogP contribution is 2.39. The summed E-state index contributed by atoms with van der Waals surface area (Å²) in [7, 11) is 1.73. The van der Waals surface area contributed by atoms with Crippen LogP contribution < -0.4 is 5.43 Å². The van der Waals surface area contributed by atoms with Crippen LogP contribution in [0.3, 0.4) is 0 Å². The molecule has 1 aromatic heterocycles. The minimum atomic E-state index is -0.662. The molecule has 0 unspecified atom stereocenters. The summed E-state index contributed by atoms with van der Waals surface area (Å²) < 4.78 is 1.61. The summed E-state index contributed by atoms with van der Waals surface area (Å²) in [5, 5.41) is 23.5. The van der Waals surface area contributed by atoms with Crippen molar-refractivity contribution in [2.24, 2.45) is 22.4 Å². The Bertz CT molecular complexity index is 1320. The van der Waals surface area contributed by atoms with Gasteiger partial charge in [0.05, 0.1) is 5.52 Å². The lowest BCUT2D eigenvalue weighted by molar-refractivity contribution is -0.112. The van der Waals surface area contributed by atoms with E-state index in [1.54, 1.807) is 11.6 Å². The third-order valence-electron chi connectivity index (χ3n) is 5.89. The van der Waals surface area contributed by atoms with E-state index < -0.39 is 11.4 Å². The number of aromatic hydroxyl groups is 1. The van der Waals surface area contributed by atoms with Gasteiger partial charge in [-0.25, -0.2) is 0 Å². The van der Waals surface area contributed by atoms with Crippen molar-refractivity contribution < 1.29 is 9.90 Å². The average Bonchev–Trinajstić information content (AvgIpc) is 3.40. The number of para-hydroxylation sites is 1. The molecule has 3 aromatic carbocycles. The molecule has 2 heterocycles. The lowest BCUT2D eigenvalue weighted by atomic mass is 9.80. The Morgan fingerprint density at radius 1 is 0.969 bits per heavy atom. The summed E-state index contributed by atoms with van der Waals surface area (Å²) in [4.78, 5) is 12.9. The molecule has 2 N–H and O–H groups in total. The van der Waals surface area contributed by atoms with Crippen molar-refractivity contribution >= 4 is 28.2 Å². The molecule has 5 rings (SSSR count). The van der Waals surface area contributed by atoms with Crippen LogP contribution >= 0.6 is 0 Å². The van der Waals surface area contributed by atoms with Gasteiger partial charge in [-0.2, -0.15) is 5.10 Å². The number of fused-ring (bicyclic) bond motifs is 1. The van der Waals surface area contributed by atoms with Crippen LogP contribution in [-0.4, -0.2) is 21.3 Å². The molecule has 0 fully saturated rings. The lowest BCUT2D eigenvalue weighted by Gasteiger charge is -2.30. The highest BCUT2D eigenvalue weighted by Gasteiger charge is 2.41. The van der Waals surface area contributed by atoms with E-state index in [1.165, 1.54) is 0 Å². The molecule has 0 spiro atoms. The van der Waals surface area contributed by atoms with Crippen LogP contribution in [0, 0.1) is 0 Å². The molecule has 1 aliphatic heterocycles. The third kappa shape index (κ3) is 3.15. The molecule has 0 saturated carbocycles. The Kier molecular flexibility index (Phi) is 4.78. The van der Waals surface area contributed by atoms with E-state index in [1.807, 2.05) is 84.9 Å². The number of rotatable bonds is 4. The van der Waals surface area contributed by atoms with E-state index in [9.17, 15) is 9.90 Å². The molecule has 158 valence electrons. The molecule has 0 aliphatic carbocycles. The first-order valence-electron chi connectivity index (χ1n) is 10.3. The molecule has 7 heteroatoms. The first-order chi connectivity index (χ1) is 15.6. The predicted octanol–water partition coefficient (Wildman–Crippen LogP) is 4.79. The number of amides is 1. The van der Waals surface area contributed by atoms with Crippen molar-refractivity contribution in [2.75, 3.05) is 0 Å². The molecule has 0 atom stereocenters. The SMILES string of the molecule is Cn1c(O)c(N=NC(=O)C2=NNC(c3ccccc3)(c3ccccc3)C2)c2ccccc21. The van der Waals surface area contributed by atoms with E-state index in [-0.39, 0.29) is 17.3 Å². The van der Waals surface area contributed by atoms with Crippen LogP contribution in [-0.2, 0) is 17.4 Å². The van der Waals surface area contributed by atoms with Gasteiger partial charge in [0.15, 0.2) is 5.69 Å². The van der Waals surface area contributed by atoms with Crippen molar-refractivity contribution in [3.8, 4) is 5.88 Å². The maximum Gasteiger partial charge on any atom is 0.311 e. The summed E-state index contributed by atoms with van der Waals surface area (Å²) in [6.45, 7) is 0. The van der Waals surface area contributed by atoms with Gasteiger partial charge in [0, 0.05) is 18.9 Å². The topological polar surface area (TPSA) is 91.3 Å². The van der Waals surface area contributed by atoms with Crippen molar-refractivity contribution in [2.45, 2.75) is 12.0 Å². The van der Waals surface area contributed by atoms with Crippen molar-refractivity contribution in [3.63, 3.8) is 0 Å². The Labute approximate surface area is 184 Å². The number of hydrogen-bond donors (Lipinski definition) is 2. The minimum Gasteiger partial charge on any atom is -0.493 e. The number of benzene rings is 3. The smallest absolute Gasteiger partial charge is 0.311 e. The molecule has 1 amide bonds. The molecule has 0 bridgehead atoms. The van der Waals surface area contributed by atoms with Crippen molar-refractivity contribution in [1.82, 2.24) is 9.99 Å². The standard InChI is InChI=1S/C25H21N5O2/c1-30-21-15-9-8-14-19(21)22(24(30)32)27-28-23(31)20-16-25(29-26-20,17-10-4-2-5-11-17)18-12-6-3-7-13-18/h2-15,29,32H,16H2,1H3. The van der Waals surface area contributed by atoms with Crippen LogP contribution in [0.4, 0.5) is 5.69 Å². The molecule has 32 heavy (non-hydrogen) atoms. The van der Waals surface area contributed by atoms with Crippen LogP contribution in [0.1, 0.15) is 17.5 Å². The molecular formula is C25H21N5O2. The first kappa shape index (κ1) is 19.7. The summed E-state index contributed by atoms with van der Waals surface area (Å²) in [6, 6.07) is 27.2. The molecular weight excluding hydrogens is 402 g/mol. The second-order valence-corrected chi connectivity index (χ2v) is 7.74. The zero-order chi connectivity index (χ0) is 22.1. The van der Waals surface area contributed by atoms with Crippen molar-refractivity contribution in [1.29, 1.82) is 0 Å². The van der Waals surface area contributed by atoms with Gasteiger partial charge < -0.3 is 9.67 Å². The van der Waals surface area contributed by atoms with Gasteiger partial charge in [-0.3, -0.25) is 10.2 Å². The number of aromatic nitrogens is 1. The quantitative estimate of drug-likeness (QED) is 0.463. The van der Waals surface area contributed by atoms with Gasteiger partial charge in [-0.1, -0.05) is 78.9 Å². The van der Waals surface area contributed by atoms with Gasteiger partial charge in [0.2, 0.25) is 5.88 Å². The number of carbonyl (C=O) groups excluding carboxylic acids is 1. The fraction of sp³-hybridized carbons (Fsp3) is 0.120. The minimum absolute atomic E-state index is 0.0443. The molecule has 7 nitrogen and oxygen atoms in total. The van der Waals surface area contributed by atoms with Gasteiger partial charge in [0.25, 0.3) is 0 Å². The Balaban J connectivity index is 1.46. The fourth-order valence-corrected chi connectivity index (χ4v) is 4.17. The lowest BCUT2D eigenvalue weighted by Crippen LogP contribution is -2.37. The molecule has 4 aromatic rings. The Morgan fingerprint density at radius 3 is 2.22 bits per heavy atom. The van der Waals surface area contributed by atoms with E-state index in [0.29, 0.717) is 6.42 Å². The van der Waals surface area contributed by atoms with Crippen LogP contribution in [0.25, 0.3) is 10.9 Å². The van der Waals surface area contributed by atoms with Crippen molar-refractivity contribution in [3.05, 3.63) is 96.1 Å². The second kappa shape index (κ2) is 7.77. The Morgan fingerprint density at radius 2 is 1.56 bits per heavy atom. The number of carbonyl (C=O) groups is 1. The van der Waals surface area contributed by atoms with Crippen LogP contribution in [0.15, 0.2) is 100 Å². The average molecular weight is 423 g/mol. The van der Waals surface area contributed by atoms with Gasteiger partial charge >= 0.3 is 5.91 Å². The monoisotopic (exact) mass is 423 g/mol. The van der Waals surface area contributed by atoms with E-state index in [2.05, 4.69) is 20.8 Å². The van der Waals surface area contributed by atoms with E-state index in [4.69, 9.17) is 0 Å². The zero-order valence-electron chi connectivity index (χ0n) is 17.4. The first-order valence-corrected chi connectivity index (χ1v) is 10.3. The largest absolute Gasteiger partial charge is 0.493 e. The summed E-state index contributed by atoms with van der Waals surface area (Å²) in [5.41, 5.74) is 5.88. The number of aryl methyl sites for hydroxylation is 1. The number of azo groups is 1. The summed E-state index contributed by atoms with van der Waals surface area (Å²) in [5.74, 6) is -0.587. The second-order valence-electron chi connectivity index (χ2n) is 7.74. The number of nitrogens with zero attached hydrogens (tertiary/aromatic N) is 4. The molecule has 1 aliphatic rings. The Hall–Kier alpha value is -4.26. The number of nitrogens with one attached hydrogen (secondary N) is 1. The normalized spacial score (nSPS) is 15.1.